The average molecular weight is 288 g/mol. The third-order valence-electron chi connectivity index (χ3n) is 4.17. The molecule has 0 aliphatic carbocycles. The molecule has 0 spiro atoms. The number of nitrogens with one attached hydrogen (secondary N) is 1. The number of aryl methyl sites for hydroxylation is 1. The SMILES string of the molecule is CCCNC(CCC)CN1CCCc2ccccc2C1=O. The molecule has 0 radical (unpaired) electrons. The molecule has 1 atom stereocenters. The summed E-state index contributed by atoms with van der Waals surface area (Å²) in [7, 11) is 0. The minimum absolute atomic E-state index is 0.211. The van der Waals surface area contributed by atoms with Gasteiger partial charge >= 0.3 is 0 Å². The molecule has 3 heteroatoms. The molecule has 0 saturated heterocycles. The Hall–Kier alpha value is -1.35. The van der Waals surface area contributed by atoms with Gasteiger partial charge in [0, 0.05) is 24.7 Å². The molecule has 1 aromatic rings. The van der Waals surface area contributed by atoms with Crippen LogP contribution < -0.4 is 5.32 Å². The first kappa shape index (κ1) is 16.0. The third kappa shape index (κ3) is 4.31. The van der Waals surface area contributed by atoms with Crippen LogP contribution in [0.3, 0.4) is 0 Å². The Kier molecular flexibility index (Phi) is 6.24. The lowest BCUT2D eigenvalue weighted by atomic mass is 10.0. The van der Waals surface area contributed by atoms with Crippen LogP contribution in [0.2, 0.25) is 0 Å². The monoisotopic (exact) mass is 288 g/mol. The van der Waals surface area contributed by atoms with Gasteiger partial charge in [-0.1, -0.05) is 38.5 Å². The largest absolute Gasteiger partial charge is 0.337 e. The molecule has 116 valence electrons. The van der Waals surface area contributed by atoms with Crippen molar-refractivity contribution in [3.05, 3.63) is 35.4 Å². The number of rotatable bonds is 7. The van der Waals surface area contributed by atoms with E-state index in [4.69, 9.17) is 0 Å². The minimum Gasteiger partial charge on any atom is -0.337 e. The standard InChI is InChI=1S/C18H28N2O/c1-3-8-16(19-12-4-2)14-20-13-7-10-15-9-5-6-11-17(15)18(20)21/h5-6,9,11,16,19H,3-4,7-8,10,12-14H2,1-2H3. The highest BCUT2D eigenvalue weighted by atomic mass is 16.2. The lowest BCUT2D eigenvalue weighted by Crippen LogP contribution is -2.44. The molecule has 1 heterocycles. The van der Waals surface area contributed by atoms with Crippen molar-refractivity contribution < 1.29 is 4.79 Å². The summed E-state index contributed by atoms with van der Waals surface area (Å²) < 4.78 is 0. The van der Waals surface area contributed by atoms with Gasteiger partial charge in [0.2, 0.25) is 0 Å². The molecule has 1 aliphatic heterocycles. The van der Waals surface area contributed by atoms with Crippen LogP contribution in [-0.2, 0) is 6.42 Å². The zero-order valence-corrected chi connectivity index (χ0v) is 13.4. The van der Waals surface area contributed by atoms with Crippen LogP contribution in [0.25, 0.3) is 0 Å². The van der Waals surface area contributed by atoms with Crippen molar-refractivity contribution in [2.45, 2.75) is 52.0 Å². The molecular formula is C18H28N2O. The average Bonchev–Trinajstić information content (AvgIpc) is 2.65. The molecule has 1 unspecified atom stereocenters. The molecule has 3 nitrogen and oxygen atoms in total. The molecular weight excluding hydrogens is 260 g/mol. The second kappa shape index (κ2) is 8.18. The fourth-order valence-electron chi connectivity index (χ4n) is 3.07. The van der Waals surface area contributed by atoms with Gasteiger partial charge in [-0.25, -0.2) is 0 Å². The third-order valence-corrected chi connectivity index (χ3v) is 4.17. The Morgan fingerprint density at radius 3 is 2.81 bits per heavy atom. The Labute approximate surface area is 128 Å². The predicted octanol–water partition coefficient (Wildman–Crippen LogP) is 3.24. The van der Waals surface area contributed by atoms with Crippen LogP contribution in [0.4, 0.5) is 0 Å². The second-order valence-electron chi connectivity index (χ2n) is 5.95. The van der Waals surface area contributed by atoms with Crippen LogP contribution in [0.1, 0.15) is 55.5 Å². The maximum Gasteiger partial charge on any atom is 0.254 e. The molecule has 0 aromatic heterocycles. The Morgan fingerprint density at radius 1 is 1.24 bits per heavy atom. The number of fused-ring (bicyclic) bond motifs is 1. The van der Waals surface area contributed by atoms with Gasteiger partial charge in [-0.15, -0.1) is 0 Å². The van der Waals surface area contributed by atoms with Crippen LogP contribution in [0.15, 0.2) is 24.3 Å². The molecule has 2 rings (SSSR count). The summed E-state index contributed by atoms with van der Waals surface area (Å²) in [6.45, 7) is 7.13. The Morgan fingerprint density at radius 2 is 2.05 bits per heavy atom. The maximum atomic E-state index is 12.7. The normalized spacial score (nSPS) is 16.5. The van der Waals surface area contributed by atoms with E-state index in [2.05, 4.69) is 30.1 Å². The lowest BCUT2D eigenvalue weighted by molar-refractivity contribution is 0.0741. The van der Waals surface area contributed by atoms with Gasteiger partial charge in [0.25, 0.3) is 5.91 Å². The van der Waals surface area contributed by atoms with Crippen LogP contribution in [0.5, 0.6) is 0 Å². The van der Waals surface area contributed by atoms with Crippen molar-refractivity contribution in [1.29, 1.82) is 0 Å². The number of carbonyl (C=O) groups excluding carboxylic acids is 1. The van der Waals surface area contributed by atoms with Crippen molar-refractivity contribution >= 4 is 5.91 Å². The minimum atomic E-state index is 0.211. The molecule has 0 saturated carbocycles. The smallest absolute Gasteiger partial charge is 0.254 e. The summed E-state index contributed by atoms with van der Waals surface area (Å²) in [4.78, 5) is 14.8. The summed E-state index contributed by atoms with van der Waals surface area (Å²) in [5, 5.41) is 3.59. The van der Waals surface area contributed by atoms with E-state index in [0.717, 1.165) is 57.3 Å². The molecule has 21 heavy (non-hydrogen) atoms. The summed E-state index contributed by atoms with van der Waals surface area (Å²) in [6, 6.07) is 8.49. The summed E-state index contributed by atoms with van der Waals surface area (Å²) in [5.74, 6) is 0.211. The van der Waals surface area contributed by atoms with Crippen molar-refractivity contribution in [3.8, 4) is 0 Å². The summed E-state index contributed by atoms with van der Waals surface area (Å²) in [5.41, 5.74) is 2.11. The number of hydrogen-bond acceptors (Lipinski definition) is 2. The highest BCUT2D eigenvalue weighted by Gasteiger charge is 2.23. The van der Waals surface area contributed by atoms with Crippen molar-refractivity contribution in [2.24, 2.45) is 0 Å². The Balaban J connectivity index is 2.06. The fourth-order valence-corrected chi connectivity index (χ4v) is 3.07. The highest BCUT2D eigenvalue weighted by Crippen LogP contribution is 2.19. The van der Waals surface area contributed by atoms with Gasteiger partial charge in [0.1, 0.15) is 0 Å². The quantitative estimate of drug-likeness (QED) is 0.835. The number of nitrogens with zero attached hydrogens (tertiary/aromatic N) is 1. The fraction of sp³-hybridized carbons (Fsp3) is 0.611. The van der Waals surface area contributed by atoms with Gasteiger partial charge in [-0.05, 0) is 43.9 Å². The van der Waals surface area contributed by atoms with Gasteiger partial charge in [0.05, 0.1) is 0 Å². The topological polar surface area (TPSA) is 32.3 Å². The lowest BCUT2D eigenvalue weighted by Gasteiger charge is -2.27. The number of benzene rings is 1. The first-order valence-corrected chi connectivity index (χ1v) is 8.36. The number of carbonyl (C=O) groups is 1. The number of hydrogen-bond donors (Lipinski definition) is 1. The highest BCUT2D eigenvalue weighted by molar-refractivity contribution is 5.96. The van der Waals surface area contributed by atoms with E-state index in [1.165, 1.54) is 5.56 Å². The second-order valence-corrected chi connectivity index (χ2v) is 5.95. The van der Waals surface area contributed by atoms with E-state index < -0.39 is 0 Å². The van der Waals surface area contributed by atoms with E-state index in [-0.39, 0.29) is 5.91 Å². The van der Waals surface area contributed by atoms with Crippen molar-refractivity contribution in [3.63, 3.8) is 0 Å². The van der Waals surface area contributed by atoms with Crippen molar-refractivity contribution in [2.75, 3.05) is 19.6 Å². The molecule has 1 aliphatic rings. The summed E-state index contributed by atoms with van der Waals surface area (Å²) >= 11 is 0. The van der Waals surface area contributed by atoms with E-state index in [1.54, 1.807) is 0 Å². The van der Waals surface area contributed by atoms with Crippen LogP contribution in [0, 0.1) is 0 Å². The van der Waals surface area contributed by atoms with E-state index >= 15 is 0 Å². The molecule has 1 aromatic carbocycles. The van der Waals surface area contributed by atoms with E-state index in [0.29, 0.717) is 6.04 Å². The van der Waals surface area contributed by atoms with Crippen LogP contribution >= 0.6 is 0 Å². The van der Waals surface area contributed by atoms with Crippen LogP contribution in [-0.4, -0.2) is 36.5 Å². The zero-order chi connectivity index (χ0) is 15.1. The van der Waals surface area contributed by atoms with Gasteiger partial charge in [0.15, 0.2) is 0 Å². The molecule has 0 bridgehead atoms. The maximum absolute atomic E-state index is 12.7. The van der Waals surface area contributed by atoms with Crippen molar-refractivity contribution in [1.82, 2.24) is 10.2 Å². The summed E-state index contributed by atoms with van der Waals surface area (Å²) in [6.07, 6.45) is 5.50. The first-order chi connectivity index (χ1) is 10.3. The van der Waals surface area contributed by atoms with E-state index in [1.807, 2.05) is 18.2 Å². The molecule has 1 amide bonds. The first-order valence-electron chi connectivity index (χ1n) is 8.36. The zero-order valence-electron chi connectivity index (χ0n) is 13.4. The van der Waals surface area contributed by atoms with Gasteiger partial charge < -0.3 is 10.2 Å². The Bertz CT molecular complexity index is 458. The van der Waals surface area contributed by atoms with Gasteiger partial charge in [-0.2, -0.15) is 0 Å². The predicted molar refractivity (Wildman–Crippen MR) is 87.7 cm³/mol. The molecule has 0 fully saturated rings. The van der Waals surface area contributed by atoms with Gasteiger partial charge in [-0.3, -0.25) is 4.79 Å². The van der Waals surface area contributed by atoms with E-state index in [9.17, 15) is 4.79 Å². The molecule has 1 N–H and O–H groups in total. The number of amides is 1.